The normalized spacial score (nSPS) is 11.5. The number of carboxylic acids is 1. The zero-order chi connectivity index (χ0) is 21.0. The van der Waals surface area contributed by atoms with Gasteiger partial charge >= 0.3 is 11.9 Å². The van der Waals surface area contributed by atoms with Gasteiger partial charge in [0.1, 0.15) is 0 Å². The maximum absolute atomic E-state index is 12.2. The molecule has 0 saturated heterocycles. The van der Waals surface area contributed by atoms with Crippen LogP contribution in [0.25, 0.3) is 43.6 Å². The van der Waals surface area contributed by atoms with Gasteiger partial charge in [-0.3, -0.25) is 0 Å². The molecule has 0 radical (unpaired) electrons. The molecule has 0 aliphatic rings. The lowest BCUT2D eigenvalue weighted by Gasteiger charge is -2.04. The fraction of sp³-hybridized carbons (Fsp3) is 0.130. The number of H-pyrrole nitrogens is 2. The molecule has 7 heteroatoms. The first-order valence-corrected chi connectivity index (χ1v) is 9.50. The van der Waals surface area contributed by atoms with E-state index in [1.54, 1.807) is 44.4 Å². The Hall–Kier alpha value is -4.00. The summed E-state index contributed by atoms with van der Waals surface area (Å²) in [5, 5.41) is 12.8. The fourth-order valence-electron chi connectivity index (χ4n) is 4.03. The summed E-state index contributed by atoms with van der Waals surface area (Å²) in [6.07, 6.45) is 0. The number of methoxy groups -OCH3 is 1. The maximum atomic E-state index is 12.2. The maximum Gasteiger partial charge on any atom is 0.338 e. The molecule has 0 amide bonds. The Morgan fingerprint density at radius 1 is 0.867 bits per heavy atom. The Bertz CT molecular complexity index is 1490. The number of ether oxygens (including phenoxy) is 2. The third-order valence-corrected chi connectivity index (χ3v) is 5.38. The lowest BCUT2D eigenvalue weighted by Crippen LogP contribution is -2.03. The van der Waals surface area contributed by atoms with Gasteiger partial charge in [0, 0.05) is 32.6 Å². The molecular formula is C23H18N2O5. The number of esters is 1. The second kappa shape index (κ2) is 6.52. The van der Waals surface area contributed by atoms with E-state index >= 15 is 0 Å². The molecule has 5 rings (SSSR count). The number of aromatic nitrogens is 2. The number of fused-ring (bicyclic) bond motifs is 6. The van der Waals surface area contributed by atoms with Crippen molar-refractivity contribution in [2.24, 2.45) is 0 Å². The van der Waals surface area contributed by atoms with E-state index in [4.69, 9.17) is 9.47 Å². The van der Waals surface area contributed by atoms with E-state index in [-0.39, 0.29) is 11.5 Å². The topological polar surface area (TPSA) is 104 Å². The minimum Gasteiger partial charge on any atom is -0.492 e. The van der Waals surface area contributed by atoms with Crippen molar-refractivity contribution < 1.29 is 24.2 Å². The van der Waals surface area contributed by atoms with Gasteiger partial charge in [-0.05, 0) is 49.4 Å². The number of nitrogens with one attached hydrogen (secondary N) is 2. The molecule has 3 aromatic carbocycles. The van der Waals surface area contributed by atoms with E-state index in [2.05, 4.69) is 9.97 Å². The highest BCUT2D eigenvalue weighted by molar-refractivity contribution is 6.21. The zero-order valence-corrected chi connectivity index (χ0v) is 16.3. The van der Waals surface area contributed by atoms with Crippen molar-refractivity contribution in [1.82, 2.24) is 9.97 Å². The summed E-state index contributed by atoms with van der Waals surface area (Å²) in [4.78, 5) is 30.3. The molecular weight excluding hydrogens is 384 g/mol. The smallest absolute Gasteiger partial charge is 0.338 e. The first-order chi connectivity index (χ1) is 14.5. The second-order valence-corrected chi connectivity index (χ2v) is 7.05. The van der Waals surface area contributed by atoms with Gasteiger partial charge in [0.25, 0.3) is 0 Å². The Kier molecular flexibility index (Phi) is 3.92. The minimum atomic E-state index is -0.981. The van der Waals surface area contributed by atoms with Crippen molar-refractivity contribution in [2.45, 2.75) is 6.92 Å². The zero-order valence-electron chi connectivity index (χ0n) is 16.3. The summed E-state index contributed by atoms with van der Waals surface area (Å²) in [5.74, 6) is -0.727. The molecule has 0 atom stereocenters. The van der Waals surface area contributed by atoms with E-state index in [9.17, 15) is 14.7 Å². The average Bonchev–Trinajstić information content (AvgIpc) is 3.29. The summed E-state index contributed by atoms with van der Waals surface area (Å²) in [6.45, 7) is 2.08. The van der Waals surface area contributed by atoms with Gasteiger partial charge in [0.2, 0.25) is 0 Å². The van der Waals surface area contributed by atoms with Gasteiger partial charge in [-0.2, -0.15) is 0 Å². The summed E-state index contributed by atoms with van der Waals surface area (Å²) >= 11 is 0. The number of carboxylic acid groups (broad SMARTS) is 1. The molecule has 2 aromatic heterocycles. The Morgan fingerprint density at radius 2 is 1.43 bits per heavy atom. The van der Waals surface area contributed by atoms with Crippen LogP contribution < -0.4 is 4.74 Å². The molecule has 0 fully saturated rings. The van der Waals surface area contributed by atoms with E-state index in [0.29, 0.717) is 17.9 Å². The predicted octanol–water partition coefficient (Wildman–Crippen LogP) is 4.84. The minimum absolute atomic E-state index is 0.214. The van der Waals surface area contributed by atoms with Crippen molar-refractivity contribution in [3.63, 3.8) is 0 Å². The van der Waals surface area contributed by atoms with Gasteiger partial charge in [-0.1, -0.05) is 0 Å². The van der Waals surface area contributed by atoms with E-state index in [0.717, 1.165) is 43.6 Å². The highest BCUT2D eigenvalue weighted by Crippen LogP contribution is 2.41. The van der Waals surface area contributed by atoms with Crippen LogP contribution in [0.2, 0.25) is 0 Å². The molecule has 0 saturated carbocycles. The van der Waals surface area contributed by atoms with Crippen LogP contribution in [-0.2, 0) is 4.74 Å². The molecule has 150 valence electrons. The van der Waals surface area contributed by atoms with Gasteiger partial charge in [0.15, 0.2) is 5.75 Å². The SMILES string of the molecule is CCOC(=O)c1ccc2[nH]c3c(OC)c4[nH]c5ccc(C(=O)O)cc5c4cc3c2c1. The molecule has 0 bridgehead atoms. The van der Waals surface area contributed by atoms with Gasteiger partial charge in [0.05, 0.1) is 35.9 Å². The number of carbonyl (C=O) groups is 2. The van der Waals surface area contributed by atoms with Gasteiger partial charge in [-0.25, -0.2) is 9.59 Å². The lowest BCUT2D eigenvalue weighted by molar-refractivity contribution is 0.0526. The van der Waals surface area contributed by atoms with Crippen molar-refractivity contribution in [3.8, 4) is 5.75 Å². The molecule has 7 nitrogen and oxygen atoms in total. The third-order valence-electron chi connectivity index (χ3n) is 5.38. The molecule has 0 unspecified atom stereocenters. The lowest BCUT2D eigenvalue weighted by atomic mass is 10.0. The average molecular weight is 402 g/mol. The Morgan fingerprint density at radius 3 is 1.97 bits per heavy atom. The monoisotopic (exact) mass is 402 g/mol. The standard InChI is InChI=1S/C23H18N2O5/c1-3-30-23(28)12-5-7-18-14(9-12)16-10-15-13-8-11(22(26)27)4-6-17(13)24-19(15)21(29-2)20(16)25-18/h4-10,24-25H,3H2,1-2H3,(H,26,27). The molecule has 3 N–H and O–H groups in total. The van der Waals surface area contributed by atoms with Crippen LogP contribution in [0.5, 0.6) is 5.75 Å². The summed E-state index contributed by atoms with van der Waals surface area (Å²) < 4.78 is 10.9. The van der Waals surface area contributed by atoms with Gasteiger partial charge in [-0.15, -0.1) is 0 Å². The number of aromatic amines is 2. The van der Waals surface area contributed by atoms with Crippen LogP contribution >= 0.6 is 0 Å². The predicted molar refractivity (Wildman–Crippen MR) is 115 cm³/mol. The fourth-order valence-corrected chi connectivity index (χ4v) is 4.03. The van der Waals surface area contributed by atoms with Crippen molar-refractivity contribution in [2.75, 3.05) is 13.7 Å². The molecule has 2 heterocycles. The Labute approximate surface area is 170 Å². The highest BCUT2D eigenvalue weighted by Gasteiger charge is 2.19. The van der Waals surface area contributed by atoms with Crippen LogP contribution in [-0.4, -0.2) is 40.7 Å². The van der Waals surface area contributed by atoms with Crippen molar-refractivity contribution >= 4 is 55.6 Å². The summed E-state index contributed by atoms with van der Waals surface area (Å²) in [6, 6.07) is 12.3. The van der Waals surface area contributed by atoms with Crippen molar-refractivity contribution in [3.05, 3.63) is 53.6 Å². The molecule has 0 aliphatic heterocycles. The highest BCUT2D eigenvalue weighted by atomic mass is 16.5. The van der Waals surface area contributed by atoms with Crippen LogP contribution in [0.15, 0.2) is 42.5 Å². The molecule has 30 heavy (non-hydrogen) atoms. The van der Waals surface area contributed by atoms with Crippen LogP contribution in [0.3, 0.4) is 0 Å². The van der Waals surface area contributed by atoms with Crippen molar-refractivity contribution in [1.29, 1.82) is 0 Å². The summed E-state index contributed by atoms with van der Waals surface area (Å²) in [5.41, 5.74) is 3.94. The quantitative estimate of drug-likeness (QED) is 0.373. The van der Waals surface area contributed by atoms with E-state index in [1.165, 1.54) is 0 Å². The molecule has 0 spiro atoms. The number of rotatable bonds is 4. The van der Waals surface area contributed by atoms with E-state index in [1.807, 2.05) is 12.1 Å². The first kappa shape index (κ1) is 18.1. The first-order valence-electron chi connectivity index (χ1n) is 9.50. The Balaban J connectivity index is 1.87. The van der Waals surface area contributed by atoms with Crippen LogP contribution in [0.1, 0.15) is 27.6 Å². The summed E-state index contributed by atoms with van der Waals surface area (Å²) in [7, 11) is 1.60. The molecule has 5 aromatic rings. The van der Waals surface area contributed by atoms with E-state index < -0.39 is 5.97 Å². The number of aromatic carboxylic acids is 1. The third kappa shape index (κ3) is 2.52. The molecule has 0 aliphatic carbocycles. The van der Waals surface area contributed by atoms with Gasteiger partial charge < -0.3 is 24.5 Å². The number of carbonyl (C=O) groups excluding carboxylic acids is 1. The second-order valence-electron chi connectivity index (χ2n) is 7.05. The van der Waals surface area contributed by atoms with Crippen LogP contribution in [0, 0.1) is 0 Å². The number of hydrogen-bond acceptors (Lipinski definition) is 4. The largest absolute Gasteiger partial charge is 0.492 e. The number of benzene rings is 3. The number of hydrogen-bond donors (Lipinski definition) is 3. The van der Waals surface area contributed by atoms with Crippen LogP contribution in [0.4, 0.5) is 0 Å².